The molecule has 2 heterocycles. The van der Waals surface area contributed by atoms with E-state index in [1.807, 2.05) is 23.1 Å². The van der Waals surface area contributed by atoms with Crippen molar-refractivity contribution in [3.8, 4) is 11.3 Å². The lowest BCUT2D eigenvalue weighted by Gasteiger charge is -2.33. The van der Waals surface area contributed by atoms with Gasteiger partial charge in [0.05, 0.1) is 6.61 Å². The van der Waals surface area contributed by atoms with Crippen LogP contribution in [0.3, 0.4) is 0 Å². The number of β-amino-alcohol motifs (C(OH)–C–C–N with tert-alkyl or cyclic N) is 1. The lowest BCUT2D eigenvalue weighted by molar-refractivity contribution is 0.0586. The monoisotopic (exact) mass is 328 g/mol. The molecule has 5 heteroatoms. The van der Waals surface area contributed by atoms with E-state index in [0.717, 1.165) is 30.8 Å². The van der Waals surface area contributed by atoms with Crippen molar-refractivity contribution in [1.29, 1.82) is 0 Å². The number of nitrogens with zero attached hydrogens (tertiary/aromatic N) is 2. The molecule has 1 saturated heterocycles. The highest BCUT2D eigenvalue weighted by Gasteiger charge is 2.24. The molecule has 1 aromatic heterocycles. The average Bonchev–Trinajstić information content (AvgIpc) is 3.12. The third-order valence-electron chi connectivity index (χ3n) is 4.54. The predicted molar refractivity (Wildman–Crippen MR) is 93.0 cm³/mol. The number of aliphatic hydroxyl groups is 1. The molecule has 5 nitrogen and oxygen atoms in total. The molecule has 24 heavy (non-hydrogen) atoms. The van der Waals surface area contributed by atoms with E-state index in [-0.39, 0.29) is 12.5 Å². The molecule has 1 amide bonds. The standard InChI is InChI=1S/C19H24N2O3/c1-2-15-3-5-16(6-4-15)17-7-8-18(24-17)19(23)21-11-9-20(10-12-21)13-14-22/h3-8,22H,2,9-14H2,1H3. The molecule has 3 rings (SSSR count). The van der Waals surface area contributed by atoms with Gasteiger partial charge >= 0.3 is 0 Å². The number of amides is 1. The van der Waals surface area contributed by atoms with Crippen LogP contribution in [-0.4, -0.2) is 60.1 Å². The highest BCUT2D eigenvalue weighted by molar-refractivity contribution is 5.92. The highest BCUT2D eigenvalue weighted by Crippen LogP contribution is 2.23. The topological polar surface area (TPSA) is 56.9 Å². The Kier molecular flexibility index (Phi) is 5.33. The van der Waals surface area contributed by atoms with Crippen LogP contribution in [0.4, 0.5) is 0 Å². The maximum absolute atomic E-state index is 12.6. The quantitative estimate of drug-likeness (QED) is 0.915. The summed E-state index contributed by atoms with van der Waals surface area (Å²) in [5, 5.41) is 8.98. The van der Waals surface area contributed by atoms with E-state index in [1.54, 1.807) is 6.07 Å². The predicted octanol–water partition coefficient (Wildman–Crippen LogP) is 2.26. The maximum Gasteiger partial charge on any atom is 0.289 e. The van der Waals surface area contributed by atoms with Gasteiger partial charge in [-0.1, -0.05) is 31.2 Å². The molecular weight excluding hydrogens is 304 g/mol. The van der Waals surface area contributed by atoms with Gasteiger partial charge in [0.25, 0.3) is 5.91 Å². The number of furan rings is 1. The summed E-state index contributed by atoms with van der Waals surface area (Å²) in [4.78, 5) is 16.5. The van der Waals surface area contributed by atoms with Crippen LogP contribution in [0.1, 0.15) is 23.0 Å². The van der Waals surface area contributed by atoms with E-state index >= 15 is 0 Å². The van der Waals surface area contributed by atoms with Crippen molar-refractivity contribution in [3.63, 3.8) is 0 Å². The Bertz CT molecular complexity index is 670. The van der Waals surface area contributed by atoms with E-state index in [1.165, 1.54) is 5.56 Å². The fourth-order valence-electron chi connectivity index (χ4n) is 2.98. The summed E-state index contributed by atoms with van der Waals surface area (Å²) >= 11 is 0. The Labute approximate surface area is 142 Å². The highest BCUT2D eigenvalue weighted by atomic mass is 16.4. The number of carbonyl (C=O) groups excluding carboxylic acids is 1. The zero-order valence-electron chi connectivity index (χ0n) is 14.1. The summed E-state index contributed by atoms with van der Waals surface area (Å²) in [7, 11) is 0. The van der Waals surface area contributed by atoms with Gasteiger partial charge in [-0.15, -0.1) is 0 Å². The Balaban J connectivity index is 1.65. The third-order valence-corrected chi connectivity index (χ3v) is 4.54. The van der Waals surface area contributed by atoms with Crippen molar-refractivity contribution in [3.05, 3.63) is 47.7 Å². The number of aryl methyl sites for hydroxylation is 1. The molecule has 0 bridgehead atoms. The smallest absolute Gasteiger partial charge is 0.289 e. The molecule has 0 atom stereocenters. The number of rotatable bonds is 5. The van der Waals surface area contributed by atoms with Crippen molar-refractivity contribution in [1.82, 2.24) is 9.80 Å². The van der Waals surface area contributed by atoms with Crippen molar-refractivity contribution in [2.45, 2.75) is 13.3 Å². The number of benzene rings is 1. The Morgan fingerprint density at radius 2 is 1.79 bits per heavy atom. The Hall–Kier alpha value is -2.11. The summed E-state index contributed by atoms with van der Waals surface area (Å²) in [6, 6.07) is 11.8. The van der Waals surface area contributed by atoms with Crippen LogP contribution in [0, 0.1) is 0 Å². The normalized spacial score (nSPS) is 15.7. The lowest BCUT2D eigenvalue weighted by Crippen LogP contribution is -2.49. The van der Waals surface area contributed by atoms with Crippen LogP contribution in [0.15, 0.2) is 40.8 Å². The molecule has 0 aliphatic carbocycles. The summed E-state index contributed by atoms with van der Waals surface area (Å²) in [6.45, 7) is 5.86. The van der Waals surface area contributed by atoms with Gasteiger partial charge in [0.2, 0.25) is 0 Å². The second kappa shape index (κ2) is 7.64. The molecule has 0 saturated carbocycles. The van der Waals surface area contributed by atoms with Gasteiger partial charge in [0.1, 0.15) is 5.76 Å². The number of hydrogen-bond acceptors (Lipinski definition) is 4. The van der Waals surface area contributed by atoms with Gasteiger partial charge in [-0.05, 0) is 24.1 Å². The Morgan fingerprint density at radius 1 is 1.08 bits per heavy atom. The van der Waals surface area contributed by atoms with Gasteiger partial charge in [-0.2, -0.15) is 0 Å². The van der Waals surface area contributed by atoms with E-state index in [4.69, 9.17) is 9.52 Å². The molecule has 0 spiro atoms. The molecule has 1 aliphatic rings. The summed E-state index contributed by atoms with van der Waals surface area (Å²) in [5.41, 5.74) is 2.27. The van der Waals surface area contributed by atoms with E-state index < -0.39 is 0 Å². The molecule has 128 valence electrons. The number of carbonyl (C=O) groups is 1. The van der Waals surface area contributed by atoms with Crippen molar-refractivity contribution < 1.29 is 14.3 Å². The molecule has 1 fully saturated rings. The molecule has 1 N–H and O–H groups in total. The first-order chi connectivity index (χ1) is 11.7. The SMILES string of the molecule is CCc1ccc(-c2ccc(C(=O)N3CCN(CCO)CC3)o2)cc1. The van der Waals surface area contributed by atoms with Gasteiger partial charge < -0.3 is 14.4 Å². The van der Waals surface area contributed by atoms with Crippen molar-refractivity contribution in [2.75, 3.05) is 39.3 Å². The second-order valence-electron chi connectivity index (χ2n) is 6.07. The fourth-order valence-corrected chi connectivity index (χ4v) is 2.98. The van der Waals surface area contributed by atoms with Gasteiger partial charge in [-0.25, -0.2) is 0 Å². The first kappa shape index (κ1) is 16.7. The second-order valence-corrected chi connectivity index (χ2v) is 6.07. The van der Waals surface area contributed by atoms with E-state index in [9.17, 15) is 4.79 Å². The van der Waals surface area contributed by atoms with E-state index in [0.29, 0.717) is 25.4 Å². The van der Waals surface area contributed by atoms with Crippen LogP contribution in [0.25, 0.3) is 11.3 Å². The minimum atomic E-state index is -0.0601. The molecule has 0 radical (unpaired) electrons. The number of piperazine rings is 1. The number of hydrogen-bond donors (Lipinski definition) is 1. The summed E-state index contributed by atoms with van der Waals surface area (Å²) in [5.74, 6) is 1.05. The van der Waals surface area contributed by atoms with E-state index in [2.05, 4.69) is 24.0 Å². The van der Waals surface area contributed by atoms with Crippen LogP contribution >= 0.6 is 0 Å². The molecule has 1 aliphatic heterocycles. The number of aliphatic hydroxyl groups excluding tert-OH is 1. The fraction of sp³-hybridized carbons (Fsp3) is 0.421. The Morgan fingerprint density at radius 3 is 2.42 bits per heavy atom. The van der Waals surface area contributed by atoms with Crippen LogP contribution in [0.5, 0.6) is 0 Å². The first-order valence-electron chi connectivity index (χ1n) is 8.53. The molecule has 0 unspecified atom stereocenters. The minimum absolute atomic E-state index is 0.0601. The molecule has 1 aromatic carbocycles. The molecule has 2 aromatic rings. The van der Waals surface area contributed by atoms with Crippen molar-refractivity contribution >= 4 is 5.91 Å². The first-order valence-corrected chi connectivity index (χ1v) is 8.53. The van der Waals surface area contributed by atoms with Crippen LogP contribution in [0.2, 0.25) is 0 Å². The summed E-state index contributed by atoms with van der Waals surface area (Å²) in [6.07, 6.45) is 1.00. The van der Waals surface area contributed by atoms with Gasteiger partial charge in [0, 0.05) is 38.3 Å². The lowest BCUT2D eigenvalue weighted by atomic mass is 10.1. The third kappa shape index (κ3) is 3.68. The van der Waals surface area contributed by atoms with Gasteiger partial charge in [-0.3, -0.25) is 9.69 Å². The summed E-state index contributed by atoms with van der Waals surface area (Å²) < 4.78 is 5.79. The average molecular weight is 328 g/mol. The largest absolute Gasteiger partial charge is 0.451 e. The van der Waals surface area contributed by atoms with Crippen molar-refractivity contribution in [2.24, 2.45) is 0 Å². The van der Waals surface area contributed by atoms with Gasteiger partial charge in [0.15, 0.2) is 5.76 Å². The maximum atomic E-state index is 12.6. The van der Waals surface area contributed by atoms with Crippen LogP contribution < -0.4 is 0 Å². The van der Waals surface area contributed by atoms with Crippen LogP contribution in [-0.2, 0) is 6.42 Å². The minimum Gasteiger partial charge on any atom is -0.451 e. The molecular formula is C19H24N2O3. The zero-order valence-corrected chi connectivity index (χ0v) is 14.1. The zero-order chi connectivity index (χ0) is 16.9.